The number of nitrogens with one attached hydrogen (secondary N) is 1. The first-order chi connectivity index (χ1) is 5.33. The Hall–Kier alpha value is -0.580. The number of halogens is 1. The topological polar surface area (TPSA) is 37.0 Å². The SMILES string of the molecule is [O-][NH+]=CCc1cccc(I)c1. The monoisotopic (exact) mass is 261 g/mol. The fourth-order valence-electron chi connectivity index (χ4n) is 0.823. The molecule has 0 saturated carbocycles. The minimum atomic E-state index is 0.681. The zero-order valence-electron chi connectivity index (χ0n) is 5.88. The lowest BCUT2D eigenvalue weighted by Gasteiger charge is -1.94. The normalized spacial score (nSPS) is 10.6. The van der Waals surface area contributed by atoms with Gasteiger partial charge in [0.1, 0.15) is 0 Å². The molecule has 1 rings (SSSR count). The van der Waals surface area contributed by atoms with E-state index in [9.17, 15) is 5.21 Å². The van der Waals surface area contributed by atoms with Gasteiger partial charge in [-0.3, -0.25) is 0 Å². The van der Waals surface area contributed by atoms with Crippen LogP contribution in [0.1, 0.15) is 5.56 Å². The van der Waals surface area contributed by atoms with Gasteiger partial charge in [0, 0.05) is 3.57 Å². The van der Waals surface area contributed by atoms with E-state index in [1.165, 1.54) is 9.78 Å². The van der Waals surface area contributed by atoms with Crippen molar-refractivity contribution in [2.75, 3.05) is 0 Å². The maximum atomic E-state index is 9.88. The van der Waals surface area contributed by atoms with Crippen LogP contribution in [0.4, 0.5) is 0 Å². The van der Waals surface area contributed by atoms with Crippen LogP contribution in [0, 0.1) is 8.78 Å². The van der Waals surface area contributed by atoms with Gasteiger partial charge < -0.3 is 5.21 Å². The van der Waals surface area contributed by atoms with Gasteiger partial charge in [-0.25, -0.2) is 5.16 Å². The molecule has 11 heavy (non-hydrogen) atoms. The largest absolute Gasteiger partial charge is 0.626 e. The van der Waals surface area contributed by atoms with Gasteiger partial charge in [-0.05, 0) is 40.3 Å². The van der Waals surface area contributed by atoms with E-state index in [2.05, 4.69) is 28.7 Å². The second-order valence-corrected chi connectivity index (χ2v) is 3.40. The molecule has 0 amide bonds. The maximum Gasteiger partial charge on any atom is 0.153 e. The summed E-state index contributed by atoms with van der Waals surface area (Å²) < 4.78 is 1.19. The van der Waals surface area contributed by atoms with E-state index in [1.54, 1.807) is 5.16 Å². The number of rotatable bonds is 2. The lowest BCUT2D eigenvalue weighted by molar-refractivity contribution is -0.368. The predicted molar refractivity (Wildman–Crippen MR) is 53.3 cm³/mol. The minimum absolute atomic E-state index is 0.681. The van der Waals surface area contributed by atoms with Crippen LogP contribution in [0.3, 0.4) is 0 Å². The Morgan fingerprint density at radius 3 is 3.00 bits per heavy atom. The summed E-state index contributed by atoms with van der Waals surface area (Å²) in [6, 6.07) is 8.05. The molecule has 0 fully saturated rings. The summed E-state index contributed by atoms with van der Waals surface area (Å²) in [6.07, 6.45) is 2.17. The molecule has 0 saturated heterocycles. The zero-order chi connectivity index (χ0) is 8.10. The van der Waals surface area contributed by atoms with Crippen molar-refractivity contribution in [1.29, 1.82) is 0 Å². The summed E-state index contributed by atoms with van der Waals surface area (Å²) in [4.78, 5) is 0. The molecule has 1 N–H and O–H groups in total. The van der Waals surface area contributed by atoms with Crippen LogP contribution in [-0.4, -0.2) is 6.21 Å². The molecule has 58 valence electrons. The molecular weight excluding hydrogens is 253 g/mol. The van der Waals surface area contributed by atoms with Crippen molar-refractivity contribution in [2.45, 2.75) is 6.42 Å². The third kappa shape index (κ3) is 2.88. The first-order valence-corrected chi connectivity index (χ1v) is 4.34. The molecule has 0 radical (unpaired) electrons. The van der Waals surface area contributed by atoms with Crippen LogP contribution in [0.15, 0.2) is 24.3 Å². The molecule has 0 aliphatic rings. The fourth-order valence-corrected chi connectivity index (χ4v) is 1.43. The molecule has 0 atom stereocenters. The van der Waals surface area contributed by atoms with Crippen molar-refractivity contribution in [3.8, 4) is 0 Å². The van der Waals surface area contributed by atoms with Gasteiger partial charge >= 0.3 is 0 Å². The molecule has 0 heterocycles. The second-order valence-electron chi connectivity index (χ2n) is 2.16. The predicted octanol–water partition coefficient (Wildman–Crippen LogP) is 0.483. The van der Waals surface area contributed by atoms with E-state index in [-0.39, 0.29) is 0 Å². The number of benzene rings is 1. The first-order valence-electron chi connectivity index (χ1n) is 3.26. The highest BCUT2D eigenvalue weighted by Gasteiger charge is 1.91. The summed E-state index contributed by atoms with van der Waals surface area (Å²) >= 11 is 2.24. The Morgan fingerprint density at radius 1 is 1.55 bits per heavy atom. The van der Waals surface area contributed by atoms with E-state index in [1.807, 2.05) is 18.2 Å². The lowest BCUT2D eigenvalue weighted by Crippen LogP contribution is -2.60. The third-order valence-corrected chi connectivity index (χ3v) is 1.98. The highest BCUT2D eigenvalue weighted by molar-refractivity contribution is 14.1. The molecule has 0 aliphatic heterocycles. The van der Waals surface area contributed by atoms with Gasteiger partial charge in [-0.15, -0.1) is 0 Å². The van der Waals surface area contributed by atoms with E-state index < -0.39 is 0 Å². The Bertz CT molecular complexity index is 260. The Kier molecular flexibility index (Phi) is 3.35. The van der Waals surface area contributed by atoms with Crippen molar-refractivity contribution >= 4 is 28.8 Å². The van der Waals surface area contributed by atoms with Crippen LogP contribution in [0.25, 0.3) is 0 Å². The molecule has 1 aromatic rings. The summed E-state index contributed by atoms with van der Waals surface area (Å²) in [7, 11) is 0. The van der Waals surface area contributed by atoms with Gasteiger partial charge in [0.15, 0.2) is 6.21 Å². The summed E-state index contributed by atoms with van der Waals surface area (Å²) in [5.41, 5.74) is 1.15. The standard InChI is InChI=1S/C8H8INO/c9-8-3-1-2-7(6-8)4-5-10-11/h1-3,5-6,10H,4H2. The Morgan fingerprint density at radius 2 is 2.36 bits per heavy atom. The average Bonchev–Trinajstić information content (AvgIpc) is 2.01. The molecule has 0 aromatic heterocycles. The quantitative estimate of drug-likeness (QED) is 0.357. The molecule has 0 aliphatic carbocycles. The van der Waals surface area contributed by atoms with Crippen LogP contribution in [0.2, 0.25) is 0 Å². The number of hydrogen-bond acceptors (Lipinski definition) is 1. The minimum Gasteiger partial charge on any atom is -0.626 e. The lowest BCUT2D eigenvalue weighted by atomic mass is 10.2. The Labute approximate surface area is 79.1 Å². The molecule has 1 aromatic carbocycles. The maximum absolute atomic E-state index is 9.88. The van der Waals surface area contributed by atoms with Crippen molar-refractivity contribution in [3.05, 3.63) is 38.6 Å². The molecule has 0 bridgehead atoms. The molecule has 0 spiro atoms. The summed E-state index contributed by atoms with van der Waals surface area (Å²) in [6.45, 7) is 0. The molecule has 3 heteroatoms. The van der Waals surface area contributed by atoms with E-state index in [4.69, 9.17) is 0 Å². The first kappa shape index (κ1) is 8.52. The van der Waals surface area contributed by atoms with Gasteiger partial charge in [-0.2, -0.15) is 0 Å². The smallest absolute Gasteiger partial charge is 0.153 e. The van der Waals surface area contributed by atoms with E-state index in [0.29, 0.717) is 6.42 Å². The summed E-state index contributed by atoms with van der Waals surface area (Å²) in [5, 5.41) is 11.6. The van der Waals surface area contributed by atoms with Crippen molar-refractivity contribution in [1.82, 2.24) is 0 Å². The van der Waals surface area contributed by atoms with Crippen molar-refractivity contribution in [2.24, 2.45) is 0 Å². The highest BCUT2D eigenvalue weighted by atomic mass is 127. The van der Waals surface area contributed by atoms with Crippen molar-refractivity contribution in [3.63, 3.8) is 0 Å². The van der Waals surface area contributed by atoms with Crippen LogP contribution >= 0.6 is 22.6 Å². The molecular formula is C8H8INO. The Balaban J connectivity index is 2.71. The van der Waals surface area contributed by atoms with Gasteiger partial charge in [0.05, 0.1) is 6.42 Å². The highest BCUT2D eigenvalue weighted by Crippen LogP contribution is 2.06. The van der Waals surface area contributed by atoms with Crippen molar-refractivity contribution < 1.29 is 5.16 Å². The summed E-state index contributed by atoms with van der Waals surface area (Å²) in [5.74, 6) is 0. The third-order valence-electron chi connectivity index (χ3n) is 1.31. The van der Waals surface area contributed by atoms with Crippen LogP contribution in [-0.2, 0) is 6.42 Å². The molecule has 2 nitrogen and oxygen atoms in total. The van der Waals surface area contributed by atoms with Gasteiger partial charge in [-0.1, -0.05) is 12.1 Å². The number of hydrogen-bond donors (Lipinski definition) is 1. The van der Waals surface area contributed by atoms with E-state index >= 15 is 0 Å². The second kappa shape index (κ2) is 4.33. The molecule has 0 unspecified atom stereocenters. The zero-order valence-corrected chi connectivity index (χ0v) is 8.04. The fraction of sp³-hybridized carbons (Fsp3) is 0.125. The van der Waals surface area contributed by atoms with E-state index in [0.717, 1.165) is 5.56 Å². The van der Waals surface area contributed by atoms with Crippen LogP contribution < -0.4 is 5.16 Å². The van der Waals surface area contributed by atoms with Crippen LogP contribution in [0.5, 0.6) is 0 Å². The van der Waals surface area contributed by atoms with Gasteiger partial charge in [0.2, 0.25) is 0 Å². The average molecular weight is 261 g/mol. The van der Waals surface area contributed by atoms with Gasteiger partial charge in [0.25, 0.3) is 0 Å².